The highest BCUT2D eigenvalue weighted by molar-refractivity contribution is 7.91. The molecule has 0 unspecified atom stereocenters. The lowest BCUT2D eigenvalue weighted by atomic mass is 10.1. The van der Waals surface area contributed by atoms with Gasteiger partial charge in [0.15, 0.2) is 15.0 Å². The summed E-state index contributed by atoms with van der Waals surface area (Å²) >= 11 is 1.34. The Morgan fingerprint density at radius 1 is 1.03 bits per heavy atom. The predicted octanol–water partition coefficient (Wildman–Crippen LogP) is 3.26. The molecule has 0 saturated carbocycles. The molecule has 0 atom stereocenters. The van der Waals surface area contributed by atoms with E-state index in [4.69, 9.17) is 0 Å². The van der Waals surface area contributed by atoms with Crippen LogP contribution in [0.15, 0.2) is 53.4 Å². The molecule has 1 heterocycles. The van der Waals surface area contributed by atoms with Gasteiger partial charge in [-0.15, -0.1) is 12.4 Å². The van der Waals surface area contributed by atoms with Crippen LogP contribution >= 0.6 is 23.7 Å². The van der Waals surface area contributed by atoms with Crippen LogP contribution in [0.4, 0.5) is 5.13 Å². The van der Waals surface area contributed by atoms with Gasteiger partial charge in [0.25, 0.3) is 0 Å². The highest BCUT2D eigenvalue weighted by atomic mass is 35.5. The maximum atomic E-state index is 13.0. The number of fused-ring (bicyclic) bond motifs is 1. The van der Waals surface area contributed by atoms with Crippen molar-refractivity contribution < 1.29 is 13.2 Å². The van der Waals surface area contributed by atoms with Crippen molar-refractivity contribution in [3.05, 3.63) is 54.1 Å². The molecule has 0 aliphatic heterocycles. The lowest BCUT2D eigenvalue weighted by Gasteiger charge is -2.22. The van der Waals surface area contributed by atoms with Gasteiger partial charge < -0.3 is 4.90 Å². The van der Waals surface area contributed by atoms with Crippen LogP contribution in [0.5, 0.6) is 0 Å². The van der Waals surface area contributed by atoms with Gasteiger partial charge >= 0.3 is 0 Å². The number of halogens is 1. The third-order valence-corrected chi connectivity index (χ3v) is 6.44. The Balaban J connectivity index is 0.00000300. The number of carbonyl (C=O) groups excluding carboxylic acids is 1. The molecule has 9 heteroatoms. The molecule has 0 N–H and O–H groups in total. The van der Waals surface area contributed by atoms with Gasteiger partial charge in [-0.25, -0.2) is 13.4 Å². The normalized spacial score (nSPS) is 11.4. The highest BCUT2D eigenvalue weighted by Gasteiger charge is 2.22. The Kier molecular flexibility index (Phi) is 7.76. The minimum Gasteiger partial charge on any atom is -0.308 e. The predicted molar refractivity (Wildman–Crippen MR) is 121 cm³/mol. The largest absolute Gasteiger partial charge is 0.308 e. The lowest BCUT2D eigenvalue weighted by molar-refractivity contribution is -0.118. The van der Waals surface area contributed by atoms with E-state index in [0.717, 1.165) is 10.3 Å². The molecule has 29 heavy (non-hydrogen) atoms. The van der Waals surface area contributed by atoms with Crippen molar-refractivity contribution in [3.8, 4) is 0 Å². The fourth-order valence-corrected chi connectivity index (χ4v) is 4.75. The molecule has 2 aromatic carbocycles. The van der Waals surface area contributed by atoms with E-state index in [1.807, 2.05) is 55.4 Å². The zero-order chi connectivity index (χ0) is 20.3. The Hall–Kier alpha value is -2.00. The highest BCUT2D eigenvalue weighted by Crippen LogP contribution is 2.32. The first kappa shape index (κ1) is 23.3. The van der Waals surface area contributed by atoms with E-state index in [1.54, 1.807) is 17.0 Å². The van der Waals surface area contributed by atoms with Crippen LogP contribution in [-0.4, -0.2) is 57.6 Å². The summed E-state index contributed by atoms with van der Waals surface area (Å²) in [7, 11) is 0.485. The number of rotatable bonds is 7. The van der Waals surface area contributed by atoms with Crippen LogP contribution in [-0.2, 0) is 21.1 Å². The summed E-state index contributed by atoms with van der Waals surface area (Å²) in [4.78, 5) is 21.4. The van der Waals surface area contributed by atoms with Crippen molar-refractivity contribution in [2.75, 3.05) is 38.3 Å². The Morgan fingerprint density at radius 3 is 2.34 bits per heavy atom. The van der Waals surface area contributed by atoms with Gasteiger partial charge in [-0.2, -0.15) is 0 Å². The molecule has 1 aromatic heterocycles. The molecule has 0 radical (unpaired) electrons. The third kappa shape index (κ3) is 5.76. The quantitative estimate of drug-likeness (QED) is 0.549. The Bertz CT molecular complexity index is 1080. The fraction of sp³-hybridized carbons (Fsp3) is 0.300. The second-order valence-corrected chi connectivity index (χ2v) is 9.88. The Labute approximate surface area is 181 Å². The maximum absolute atomic E-state index is 13.0. The van der Waals surface area contributed by atoms with Crippen LogP contribution in [0.2, 0.25) is 0 Å². The number of aromatic nitrogens is 1. The van der Waals surface area contributed by atoms with E-state index in [0.29, 0.717) is 23.7 Å². The number of nitrogens with zero attached hydrogens (tertiary/aromatic N) is 3. The SMILES string of the molecule is CN(C)CCN(C(=O)Cc1ccccc1)c1nc2c(S(C)(=O)=O)cccc2s1.Cl. The molecule has 0 aliphatic carbocycles. The number of sulfone groups is 1. The molecule has 3 rings (SSSR count). The number of hydrogen-bond acceptors (Lipinski definition) is 6. The van der Waals surface area contributed by atoms with Crippen molar-refractivity contribution in [1.29, 1.82) is 0 Å². The summed E-state index contributed by atoms with van der Waals surface area (Å²) in [5.74, 6) is -0.0620. The van der Waals surface area contributed by atoms with Gasteiger partial charge in [-0.05, 0) is 31.8 Å². The van der Waals surface area contributed by atoms with Gasteiger partial charge in [0.1, 0.15) is 5.52 Å². The Morgan fingerprint density at radius 2 is 1.72 bits per heavy atom. The molecule has 1 amide bonds. The number of amides is 1. The van der Waals surface area contributed by atoms with Crippen molar-refractivity contribution in [1.82, 2.24) is 9.88 Å². The first-order valence-electron chi connectivity index (χ1n) is 8.84. The number of hydrogen-bond donors (Lipinski definition) is 0. The second-order valence-electron chi connectivity index (χ2n) is 6.88. The first-order valence-corrected chi connectivity index (χ1v) is 11.5. The number of thiazole rings is 1. The van der Waals surface area contributed by atoms with E-state index in [2.05, 4.69) is 4.98 Å². The molecular weight excluding hydrogens is 430 g/mol. The standard InChI is InChI=1S/C20H23N3O3S2.ClH/c1-22(2)12-13-23(18(24)14-15-8-5-4-6-9-15)20-21-19-16(27-20)10-7-11-17(19)28(3,25)26;/h4-11H,12-14H2,1-3H3;1H. The molecule has 0 aliphatic rings. The maximum Gasteiger partial charge on any atom is 0.233 e. The van der Waals surface area contributed by atoms with Crippen LogP contribution in [0.3, 0.4) is 0 Å². The molecule has 6 nitrogen and oxygen atoms in total. The number of carbonyl (C=O) groups is 1. The molecule has 0 saturated heterocycles. The minimum absolute atomic E-state index is 0. The van der Waals surface area contributed by atoms with E-state index in [9.17, 15) is 13.2 Å². The van der Waals surface area contributed by atoms with Crippen molar-refractivity contribution >= 4 is 54.8 Å². The summed E-state index contributed by atoms with van der Waals surface area (Å²) in [6, 6.07) is 14.7. The van der Waals surface area contributed by atoms with Gasteiger partial charge in [0, 0.05) is 19.3 Å². The van der Waals surface area contributed by atoms with E-state index in [-0.39, 0.29) is 29.6 Å². The number of anilines is 1. The topological polar surface area (TPSA) is 70.6 Å². The summed E-state index contributed by atoms with van der Waals surface area (Å²) < 4.78 is 24.9. The lowest BCUT2D eigenvalue weighted by Crippen LogP contribution is -2.37. The second kappa shape index (κ2) is 9.67. The van der Waals surface area contributed by atoms with E-state index >= 15 is 0 Å². The number of benzene rings is 2. The molecule has 0 spiro atoms. The van der Waals surface area contributed by atoms with Crippen molar-refractivity contribution in [2.45, 2.75) is 11.3 Å². The summed E-state index contributed by atoms with van der Waals surface area (Å²) in [6.07, 6.45) is 1.44. The van der Waals surface area contributed by atoms with Crippen LogP contribution in [0.1, 0.15) is 5.56 Å². The zero-order valence-electron chi connectivity index (χ0n) is 16.5. The summed E-state index contributed by atoms with van der Waals surface area (Å²) in [6.45, 7) is 1.15. The van der Waals surface area contributed by atoms with Crippen LogP contribution < -0.4 is 4.90 Å². The smallest absolute Gasteiger partial charge is 0.233 e. The van der Waals surface area contributed by atoms with Gasteiger partial charge in [-0.1, -0.05) is 47.7 Å². The minimum atomic E-state index is -3.40. The van der Waals surface area contributed by atoms with Crippen molar-refractivity contribution in [2.24, 2.45) is 0 Å². The average Bonchev–Trinajstić information content (AvgIpc) is 3.05. The zero-order valence-corrected chi connectivity index (χ0v) is 19.0. The van der Waals surface area contributed by atoms with Gasteiger partial charge in [0.05, 0.1) is 16.0 Å². The number of likely N-dealkylation sites (N-methyl/N-ethyl adjacent to an activating group) is 1. The van der Waals surface area contributed by atoms with E-state index < -0.39 is 9.84 Å². The number of para-hydroxylation sites is 1. The molecule has 156 valence electrons. The van der Waals surface area contributed by atoms with Gasteiger partial charge in [-0.3, -0.25) is 9.69 Å². The molecular formula is C20H24ClN3O3S2. The van der Waals surface area contributed by atoms with E-state index in [1.165, 1.54) is 17.6 Å². The average molecular weight is 454 g/mol. The molecule has 0 bridgehead atoms. The van der Waals surface area contributed by atoms with Crippen LogP contribution in [0, 0.1) is 0 Å². The monoisotopic (exact) mass is 453 g/mol. The van der Waals surface area contributed by atoms with Crippen molar-refractivity contribution in [3.63, 3.8) is 0 Å². The first-order chi connectivity index (χ1) is 13.3. The van der Waals surface area contributed by atoms with Gasteiger partial charge in [0.2, 0.25) is 5.91 Å². The fourth-order valence-electron chi connectivity index (χ4n) is 2.82. The van der Waals surface area contributed by atoms with Crippen LogP contribution in [0.25, 0.3) is 10.2 Å². The molecule has 0 fully saturated rings. The molecule has 3 aromatic rings. The summed E-state index contributed by atoms with van der Waals surface area (Å²) in [5.41, 5.74) is 1.35. The summed E-state index contributed by atoms with van der Waals surface area (Å²) in [5, 5.41) is 0.522. The third-order valence-electron chi connectivity index (χ3n) is 4.27.